The van der Waals surface area contributed by atoms with Crippen molar-refractivity contribution in [3.63, 3.8) is 0 Å². The van der Waals surface area contributed by atoms with Crippen LogP contribution in [0, 0.1) is 0 Å². The number of benzene rings is 1. The fourth-order valence-corrected chi connectivity index (χ4v) is 2.70. The third kappa shape index (κ3) is 3.12. The highest BCUT2D eigenvalue weighted by molar-refractivity contribution is 5.84. The molecule has 0 bridgehead atoms. The predicted molar refractivity (Wildman–Crippen MR) is 83.1 cm³/mol. The topological polar surface area (TPSA) is 58.1 Å². The molecule has 0 spiro atoms. The van der Waals surface area contributed by atoms with E-state index in [2.05, 4.69) is 15.3 Å². The third-order valence-corrected chi connectivity index (χ3v) is 3.85. The van der Waals surface area contributed by atoms with Gasteiger partial charge >= 0.3 is 0 Å². The Labute approximate surface area is 124 Å². The number of aromatic nitrogens is 2. The van der Waals surface area contributed by atoms with Gasteiger partial charge in [-0.15, -0.1) is 0 Å². The Hall–Kier alpha value is -2.17. The normalized spacial score (nSPS) is 16.7. The van der Waals surface area contributed by atoms with Crippen molar-refractivity contribution >= 4 is 22.8 Å². The van der Waals surface area contributed by atoms with Crippen LogP contribution in [0.3, 0.4) is 0 Å². The minimum atomic E-state index is -0.279. The van der Waals surface area contributed by atoms with Crippen molar-refractivity contribution in [3.8, 4) is 0 Å². The lowest BCUT2D eigenvalue weighted by molar-refractivity contribution is -0.132. The van der Waals surface area contributed by atoms with Gasteiger partial charge in [-0.25, -0.2) is 4.98 Å². The number of piperidine rings is 1. The first-order valence-corrected chi connectivity index (χ1v) is 7.51. The van der Waals surface area contributed by atoms with Crippen LogP contribution in [0.25, 0.3) is 11.0 Å². The van der Waals surface area contributed by atoms with E-state index >= 15 is 0 Å². The minimum Gasteiger partial charge on any atom is -0.357 e. The molecular weight excluding hydrogens is 264 g/mol. The summed E-state index contributed by atoms with van der Waals surface area (Å²) in [5.41, 5.74) is 1.69. The molecule has 1 fully saturated rings. The Morgan fingerprint density at radius 3 is 2.67 bits per heavy atom. The Morgan fingerprint density at radius 1 is 1.19 bits per heavy atom. The van der Waals surface area contributed by atoms with Crippen LogP contribution in [0.15, 0.2) is 30.5 Å². The van der Waals surface area contributed by atoms with Crippen LogP contribution in [0.4, 0.5) is 5.82 Å². The van der Waals surface area contributed by atoms with Crippen molar-refractivity contribution in [1.29, 1.82) is 0 Å². The van der Waals surface area contributed by atoms with Crippen LogP contribution < -0.4 is 5.32 Å². The van der Waals surface area contributed by atoms with Gasteiger partial charge in [-0.05, 0) is 38.3 Å². The van der Waals surface area contributed by atoms with E-state index < -0.39 is 0 Å². The summed E-state index contributed by atoms with van der Waals surface area (Å²) in [7, 11) is 0. The quantitative estimate of drug-likeness (QED) is 0.940. The molecule has 110 valence electrons. The van der Waals surface area contributed by atoms with Gasteiger partial charge in [-0.1, -0.05) is 12.1 Å². The number of para-hydroxylation sites is 2. The lowest BCUT2D eigenvalue weighted by atomic mass is 10.1. The lowest BCUT2D eigenvalue weighted by Gasteiger charge is -2.29. The summed E-state index contributed by atoms with van der Waals surface area (Å²) in [6.45, 7) is 3.62. The highest BCUT2D eigenvalue weighted by atomic mass is 16.2. The van der Waals surface area contributed by atoms with Crippen LogP contribution in [0.2, 0.25) is 0 Å². The van der Waals surface area contributed by atoms with Crippen LogP contribution >= 0.6 is 0 Å². The summed E-state index contributed by atoms with van der Waals surface area (Å²) in [5.74, 6) is 0.788. The van der Waals surface area contributed by atoms with E-state index in [-0.39, 0.29) is 11.9 Å². The summed E-state index contributed by atoms with van der Waals surface area (Å²) >= 11 is 0. The maximum Gasteiger partial charge on any atom is 0.244 e. The van der Waals surface area contributed by atoms with Gasteiger partial charge in [0, 0.05) is 13.1 Å². The molecule has 1 aliphatic heterocycles. The predicted octanol–water partition coefficient (Wildman–Crippen LogP) is 2.44. The van der Waals surface area contributed by atoms with E-state index in [0.717, 1.165) is 37.0 Å². The third-order valence-electron chi connectivity index (χ3n) is 3.85. The molecule has 0 saturated carbocycles. The molecule has 1 aromatic carbocycles. The maximum absolute atomic E-state index is 12.4. The molecule has 2 heterocycles. The fourth-order valence-electron chi connectivity index (χ4n) is 2.70. The zero-order valence-electron chi connectivity index (χ0n) is 12.2. The molecular formula is C16H20N4O. The van der Waals surface area contributed by atoms with Crippen molar-refractivity contribution in [2.24, 2.45) is 0 Å². The fraction of sp³-hybridized carbons (Fsp3) is 0.438. The zero-order chi connectivity index (χ0) is 14.7. The number of hydrogen-bond donors (Lipinski definition) is 1. The first kappa shape index (κ1) is 13.8. The average Bonchev–Trinajstić information content (AvgIpc) is 2.55. The van der Waals surface area contributed by atoms with E-state index in [4.69, 9.17) is 0 Å². The molecule has 1 atom stereocenters. The molecule has 1 aliphatic rings. The highest BCUT2D eigenvalue weighted by Gasteiger charge is 2.22. The van der Waals surface area contributed by atoms with E-state index in [1.54, 1.807) is 6.20 Å². The summed E-state index contributed by atoms with van der Waals surface area (Å²) in [6.07, 6.45) is 5.12. The van der Waals surface area contributed by atoms with Crippen molar-refractivity contribution < 1.29 is 4.79 Å². The number of nitrogens with one attached hydrogen (secondary N) is 1. The van der Waals surface area contributed by atoms with Crippen molar-refractivity contribution in [2.75, 3.05) is 18.4 Å². The SMILES string of the molecule is C[C@@H](Nc1cnc2ccccc2n1)C(=O)N1CCCCC1. The summed E-state index contributed by atoms with van der Waals surface area (Å²) < 4.78 is 0. The van der Waals surface area contributed by atoms with Gasteiger partial charge in [0.05, 0.1) is 17.2 Å². The summed E-state index contributed by atoms with van der Waals surface area (Å²) in [4.78, 5) is 23.2. The smallest absolute Gasteiger partial charge is 0.244 e. The van der Waals surface area contributed by atoms with E-state index in [1.165, 1.54) is 6.42 Å². The molecule has 0 unspecified atom stereocenters. The van der Waals surface area contributed by atoms with Crippen LogP contribution in [0.1, 0.15) is 26.2 Å². The van der Waals surface area contributed by atoms with E-state index in [1.807, 2.05) is 36.1 Å². The Bertz CT molecular complexity index is 637. The molecule has 5 heteroatoms. The molecule has 1 saturated heterocycles. The molecule has 5 nitrogen and oxygen atoms in total. The number of fused-ring (bicyclic) bond motifs is 1. The number of hydrogen-bond acceptors (Lipinski definition) is 4. The summed E-state index contributed by atoms with van der Waals surface area (Å²) in [6, 6.07) is 7.44. The Balaban J connectivity index is 1.70. The molecule has 1 N–H and O–H groups in total. The number of rotatable bonds is 3. The number of amides is 1. The largest absolute Gasteiger partial charge is 0.357 e. The number of nitrogens with zero attached hydrogens (tertiary/aromatic N) is 3. The van der Waals surface area contributed by atoms with Crippen LogP contribution in [-0.2, 0) is 4.79 Å². The number of anilines is 1. The second-order valence-corrected chi connectivity index (χ2v) is 5.50. The second kappa shape index (κ2) is 6.08. The van der Waals surface area contributed by atoms with E-state index in [9.17, 15) is 4.79 Å². The number of likely N-dealkylation sites (tertiary alicyclic amines) is 1. The molecule has 1 aromatic heterocycles. The highest BCUT2D eigenvalue weighted by Crippen LogP contribution is 2.14. The number of carbonyl (C=O) groups excluding carboxylic acids is 1. The van der Waals surface area contributed by atoms with Crippen LogP contribution in [0.5, 0.6) is 0 Å². The minimum absolute atomic E-state index is 0.143. The first-order valence-electron chi connectivity index (χ1n) is 7.51. The van der Waals surface area contributed by atoms with Gasteiger partial charge in [-0.2, -0.15) is 0 Å². The zero-order valence-corrected chi connectivity index (χ0v) is 12.2. The number of carbonyl (C=O) groups is 1. The van der Waals surface area contributed by atoms with Crippen molar-refractivity contribution in [3.05, 3.63) is 30.5 Å². The molecule has 21 heavy (non-hydrogen) atoms. The average molecular weight is 284 g/mol. The van der Waals surface area contributed by atoms with Gasteiger partial charge < -0.3 is 10.2 Å². The molecule has 2 aromatic rings. The van der Waals surface area contributed by atoms with Gasteiger partial charge in [0.1, 0.15) is 11.9 Å². The van der Waals surface area contributed by atoms with Gasteiger partial charge in [-0.3, -0.25) is 9.78 Å². The second-order valence-electron chi connectivity index (χ2n) is 5.50. The first-order chi connectivity index (χ1) is 10.2. The monoisotopic (exact) mass is 284 g/mol. The maximum atomic E-state index is 12.4. The Morgan fingerprint density at radius 2 is 1.90 bits per heavy atom. The van der Waals surface area contributed by atoms with Gasteiger partial charge in [0.25, 0.3) is 0 Å². The molecule has 1 amide bonds. The van der Waals surface area contributed by atoms with Crippen molar-refractivity contribution in [1.82, 2.24) is 14.9 Å². The van der Waals surface area contributed by atoms with Gasteiger partial charge in [0.15, 0.2) is 0 Å². The van der Waals surface area contributed by atoms with Crippen molar-refractivity contribution in [2.45, 2.75) is 32.2 Å². The summed E-state index contributed by atoms with van der Waals surface area (Å²) in [5, 5.41) is 3.17. The van der Waals surface area contributed by atoms with Gasteiger partial charge in [0.2, 0.25) is 5.91 Å². The Kier molecular flexibility index (Phi) is 3.99. The lowest BCUT2D eigenvalue weighted by Crippen LogP contribution is -2.44. The molecule has 0 aliphatic carbocycles. The molecule has 0 radical (unpaired) electrons. The molecule has 3 rings (SSSR count). The standard InChI is InChI=1S/C16H20N4O/c1-12(16(21)20-9-5-2-6-10-20)18-15-11-17-13-7-3-4-8-14(13)19-15/h3-4,7-8,11-12H,2,5-6,9-10H2,1H3,(H,18,19)/t12-/m1/s1. The van der Waals surface area contributed by atoms with E-state index in [0.29, 0.717) is 5.82 Å². The van der Waals surface area contributed by atoms with Crippen LogP contribution in [-0.4, -0.2) is 39.9 Å².